The minimum atomic E-state index is -0.514. The first-order valence-electron chi connectivity index (χ1n) is 5.47. The summed E-state index contributed by atoms with van der Waals surface area (Å²) >= 11 is 6.27. The molecule has 0 atom stereocenters. The van der Waals surface area contributed by atoms with Crippen molar-refractivity contribution in [3.63, 3.8) is 0 Å². The van der Waals surface area contributed by atoms with Crippen molar-refractivity contribution < 1.29 is 14.1 Å². The molecule has 104 valence electrons. The van der Waals surface area contributed by atoms with Crippen molar-refractivity contribution in [2.24, 2.45) is 0 Å². The van der Waals surface area contributed by atoms with E-state index in [-0.39, 0.29) is 15.9 Å². The van der Waals surface area contributed by atoms with Gasteiger partial charge in [0.05, 0.1) is 9.40 Å². The standard InChI is InChI=1S/C13H8Br2FNO3/c14-7-8-1-4-13(12(5-8)17(18)19)20-9-2-3-11(16)10(15)6-9/h1-6H,7H2. The summed E-state index contributed by atoms with van der Waals surface area (Å²) in [4.78, 5) is 10.5. The lowest BCUT2D eigenvalue weighted by molar-refractivity contribution is -0.385. The second-order valence-electron chi connectivity index (χ2n) is 3.87. The molecule has 7 heteroatoms. The topological polar surface area (TPSA) is 52.4 Å². The Hall–Kier alpha value is -1.47. The van der Waals surface area contributed by atoms with Crippen molar-refractivity contribution in [3.05, 3.63) is 62.4 Å². The fraction of sp³-hybridized carbons (Fsp3) is 0.0769. The van der Waals surface area contributed by atoms with Crippen LogP contribution in [-0.2, 0) is 5.33 Å². The molecular formula is C13H8Br2FNO3. The molecule has 0 saturated heterocycles. The van der Waals surface area contributed by atoms with Crippen molar-refractivity contribution in [2.45, 2.75) is 5.33 Å². The first kappa shape index (κ1) is 14.9. The normalized spacial score (nSPS) is 10.3. The van der Waals surface area contributed by atoms with Gasteiger partial charge in [-0.1, -0.05) is 22.0 Å². The van der Waals surface area contributed by atoms with Gasteiger partial charge in [0.25, 0.3) is 0 Å². The van der Waals surface area contributed by atoms with Gasteiger partial charge < -0.3 is 4.74 Å². The van der Waals surface area contributed by atoms with E-state index in [0.29, 0.717) is 11.1 Å². The van der Waals surface area contributed by atoms with Gasteiger partial charge in [0.1, 0.15) is 11.6 Å². The van der Waals surface area contributed by atoms with Crippen LogP contribution in [0.5, 0.6) is 11.5 Å². The first-order valence-corrected chi connectivity index (χ1v) is 7.39. The summed E-state index contributed by atoms with van der Waals surface area (Å²) < 4.78 is 18.8. The highest BCUT2D eigenvalue weighted by Gasteiger charge is 2.17. The third-order valence-electron chi connectivity index (χ3n) is 2.49. The average Bonchev–Trinajstić information content (AvgIpc) is 2.43. The summed E-state index contributed by atoms with van der Waals surface area (Å²) in [5, 5.41) is 11.6. The number of halogens is 3. The van der Waals surface area contributed by atoms with Gasteiger partial charge in [-0.25, -0.2) is 4.39 Å². The molecular weight excluding hydrogens is 397 g/mol. The Balaban J connectivity index is 2.37. The van der Waals surface area contributed by atoms with E-state index in [1.54, 1.807) is 6.07 Å². The highest BCUT2D eigenvalue weighted by Crippen LogP contribution is 2.34. The Morgan fingerprint density at radius 1 is 1.25 bits per heavy atom. The first-order chi connectivity index (χ1) is 9.51. The maximum Gasteiger partial charge on any atom is 0.311 e. The lowest BCUT2D eigenvalue weighted by Crippen LogP contribution is -1.95. The molecule has 0 aliphatic rings. The summed E-state index contributed by atoms with van der Waals surface area (Å²) in [6.45, 7) is 0. The van der Waals surface area contributed by atoms with Gasteiger partial charge in [0.15, 0.2) is 0 Å². The number of alkyl halides is 1. The fourth-order valence-electron chi connectivity index (χ4n) is 1.54. The molecule has 0 spiro atoms. The monoisotopic (exact) mass is 403 g/mol. The molecule has 0 fully saturated rings. The smallest absolute Gasteiger partial charge is 0.311 e. The number of rotatable bonds is 4. The molecule has 20 heavy (non-hydrogen) atoms. The highest BCUT2D eigenvalue weighted by atomic mass is 79.9. The second-order valence-corrected chi connectivity index (χ2v) is 5.29. The van der Waals surface area contributed by atoms with Crippen LogP contribution in [0.25, 0.3) is 0 Å². The predicted molar refractivity (Wildman–Crippen MR) is 79.9 cm³/mol. The molecule has 0 heterocycles. The zero-order chi connectivity index (χ0) is 14.7. The lowest BCUT2D eigenvalue weighted by atomic mass is 10.2. The Morgan fingerprint density at radius 2 is 2.00 bits per heavy atom. The molecule has 0 aliphatic carbocycles. The van der Waals surface area contributed by atoms with Crippen LogP contribution in [0.3, 0.4) is 0 Å². The van der Waals surface area contributed by atoms with Gasteiger partial charge in [-0.05, 0) is 45.8 Å². The van der Waals surface area contributed by atoms with Gasteiger partial charge in [-0.2, -0.15) is 0 Å². The minimum Gasteiger partial charge on any atom is -0.450 e. The van der Waals surface area contributed by atoms with E-state index in [2.05, 4.69) is 31.9 Å². The molecule has 0 radical (unpaired) electrons. The Labute approximate surface area is 131 Å². The second kappa shape index (κ2) is 6.32. The zero-order valence-electron chi connectivity index (χ0n) is 9.98. The molecule has 0 N–H and O–H groups in total. The van der Waals surface area contributed by atoms with Crippen molar-refractivity contribution in [1.82, 2.24) is 0 Å². The molecule has 0 aromatic heterocycles. The summed E-state index contributed by atoms with van der Waals surface area (Å²) in [6, 6.07) is 8.71. The number of benzene rings is 2. The number of hydrogen-bond acceptors (Lipinski definition) is 3. The Kier molecular flexibility index (Phi) is 4.72. The molecule has 2 aromatic carbocycles. The van der Waals surface area contributed by atoms with Crippen molar-refractivity contribution in [3.8, 4) is 11.5 Å². The van der Waals surface area contributed by atoms with Crippen LogP contribution in [0.1, 0.15) is 5.56 Å². The van der Waals surface area contributed by atoms with Crippen LogP contribution < -0.4 is 4.74 Å². The van der Waals surface area contributed by atoms with E-state index in [4.69, 9.17) is 4.74 Å². The fourth-order valence-corrected chi connectivity index (χ4v) is 2.25. The van der Waals surface area contributed by atoms with E-state index in [0.717, 1.165) is 5.56 Å². The number of nitro benzene ring substituents is 1. The van der Waals surface area contributed by atoms with E-state index >= 15 is 0 Å². The van der Waals surface area contributed by atoms with Gasteiger partial charge in [-0.15, -0.1) is 0 Å². The van der Waals surface area contributed by atoms with Gasteiger partial charge >= 0.3 is 5.69 Å². The number of ether oxygens (including phenoxy) is 1. The third-order valence-corrected chi connectivity index (χ3v) is 3.75. The maximum absolute atomic E-state index is 13.1. The van der Waals surface area contributed by atoms with E-state index in [9.17, 15) is 14.5 Å². The minimum absolute atomic E-state index is 0.109. The molecule has 0 amide bonds. The molecule has 0 bridgehead atoms. The summed E-state index contributed by atoms with van der Waals surface area (Å²) in [6.07, 6.45) is 0. The van der Waals surface area contributed by atoms with Gasteiger partial charge in [-0.3, -0.25) is 10.1 Å². The molecule has 0 unspecified atom stereocenters. The van der Waals surface area contributed by atoms with Gasteiger partial charge in [0, 0.05) is 11.4 Å². The number of nitro groups is 1. The third kappa shape index (κ3) is 3.34. The highest BCUT2D eigenvalue weighted by molar-refractivity contribution is 9.10. The quantitative estimate of drug-likeness (QED) is 0.400. The van der Waals surface area contributed by atoms with Crippen molar-refractivity contribution in [2.75, 3.05) is 0 Å². The SMILES string of the molecule is O=[N+]([O-])c1cc(CBr)ccc1Oc1ccc(F)c(Br)c1. The predicted octanol–water partition coefficient (Wildman–Crippen LogP) is 5.18. The van der Waals surface area contributed by atoms with Crippen LogP contribution in [-0.4, -0.2) is 4.92 Å². The largest absolute Gasteiger partial charge is 0.450 e. The van der Waals surface area contributed by atoms with Crippen LogP contribution in [0.4, 0.5) is 10.1 Å². The Bertz CT molecular complexity index is 664. The van der Waals surface area contributed by atoms with Crippen LogP contribution >= 0.6 is 31.9 Å². The average molecular weight is 405 g/mol. The summed E-state index contributed by atoms with van der Waals surface area (Å²) in [7, 11) is 0. The van der Waals surface area contributed by atoms with E-state index in [1.807, 2.05) is 0 Å². The molecule has 4 nitrogen and oxygen atoms in total. The molecule has 0 aliphatic heterocycles. The van der Waals surface area contributed by atoms with Crippen LogP contribution in [0.2, 0.25) is 0 Å². The number of nitrogens with zero attached hydrogens (tertiary/aromatic N) is 1. The van der Waals surface area contributed by atoms with Gasteiger partial charge in [0.2, 0.25) is 5.75 Å². The lowest BCUT2D eigenvalue weighted by Gasteiger charge is -2.08. The maximum atomic E-state index is 13.1. The van der Waals surface area contributed by atoms with Crippen LogP contribution in [0.15, 0.2) is 40.9 Å². The summed E-state index contributed by atoms with van der Waals surface area (Å²) in [5.41, 5.74) is 0.631. The summed E-state index contributed by atoms with van der Waals surface area (Å²) in [5.74, 6) is -0.00679. The number of hydrogen-bond donors (Lipinski definition) is 0. The molecule has 2 aromatic rings. The van der Waals surface area contributed by atoms with Crippen molar-refractivity contribution in [1.29, 1.82) is 0 Å². The van der Waals surface area contributed by atoms with E-state index in [1.165, 1.54) is 30.3 Å². The Morgan fingerprint density at radius 3 is 2.60 bits per heavy atom. The van der Waals surface area contributed by atoms with Crippen molar-refractivity contribution >= 4 is 37.5 Å². The van der Waals surface area contributed by atoms with E-state index < -0.39 is 10.7 Å². The molecule has 0 saturated carbocycles. The van der Waals surface area contributed by atoms with Crippen LogP contribution in [0, 0.1) is 15.9 Å². The molecule has 2 rings (SSSR count). The zero-order valence-corrected chi connectivity index (χ0v) is 13.1.